The molecule has 0 saturated heterocycles. The highest BCUT2D eigenvalue weighted by atomic mass is 79.9. The molecule has 18 heavy (non-hydrogen) atoms. The van der Waals surface area contributed by atoms with Crippen molar-refractivity contribution in [1.82, 2.24) is 0 Å². The molecule has 102 valence electrons. The Balaban J connectivity index is 0.00000289. The van der Waals surface area contributed by atoms with E-state index < -0.39 is 11.5 Å². The fraction of sp³-hybridized carbons (Fsp3) is 0.462. The molecule has 1 atom stereocenters. The zero-order chi connectivity index (χ0) is 12.9. The molecule has 0 fully saturated rings. The van der Waals surface area contributed by atoms with Crippen molar-refractivity contribution in [2.24, 2.45) is 5.73 Å². The largest absolute Gasteiger partial charge is 0.480 e. The van der Waals surface area contributed by atoms with Crippen LogP contribution >= 0.6 is 28.3 Å². The zero-order valence-corrected chi connectivity index (χ0v) is 12.8. The summed E-state index contributed by atoms with van der Waals surface area (Å²) in [6.45, 7) is 2.03. The Morgan fingerprint density at radius 1 is 1.39 bits per heavy atom. The first-order valence-electron chi connectivity index (χ1n) is 5.74. The van der Waals surface area contributed by atoms with E-state index in [0.717, 1.165) is 22.9 Å². The van der Waals surface area contributed by atoms with Gasteiger partial charge in [-0.15, -0.1) is 12.4 Å². The van der Waals surface area contributed by atoms with Crippen molar-refractivity contribution in [3.63, 3.8) is 0 Å². The molecule has 1 aromatic carbocycles. The average molecular weight is 337 g/mol. The number of hydrogen-bond donors (Lipinski definition) is 2. The number of nitrogens with two attached hydrogens (primary N) is 1. The van der Waals surface area contributed by atoms with Crippen LogP contribution in [0.25, 0.3) is 0 Å². The fourth-order valence-corrected chi connectivity index (χ4v) is 1.99. The maximum Gasteiger partial charge on any atom is 0.324 e. The quantitative estimate of drug-likeness (QED) is 0.837. The van der Waals surface area contributed by atoms with Crippen molar-refractivity contribution in [3.05, 3.63) is 34.3 Å². The van der Waals surface area contributed by atoms with E-state index >= 15 is 0 Å². The molecule has 0 aliphatic heterocycles. The van der Waals surface area contributed by atoms with Gasteiger partial charge in [0.05, 0.1) is 0 Å². The summed E-state index contributed by atoms with van der Waals surface area (Å²) >= 11 is 3.35. The number of carboxylic acid groups (broad SMARTS) is 1. The molecular formula is C13H19BrClNO2. The second-order valence-electron chi connectivity index (χ2n) is 4.37. The molecule has 1 rings (SSSR count). The summed E-state index contributed by atoms with van der Waals surface area (Å²) in [4.78, 5) is 11.3. The summed E-state index contributed by atoms with van der Waals surface area (Å²) in [7, 11) is 0. The van der Waals surface area contributed by atoms with Crippen LogP contribution in [0.3, 0.4) is 0 Å². The Morgan fingerprint density at radius 2 is 1.94 bits per heavy atom. The molecule has 1 unspecified atom stereocenters. The van der Waals surface area contributed by atoms with Crippen LogP contribution in [0.15, 0.2) is 28.7 Å². The molecule has 0 radical (unpaired) electrons. The van der Waals surface area contributed by atoms with Gasteiger partial charge in [-0.2, -0.15) is 0 Å². The van der Waals surface area contributed by atoms with E-state index in [9.17, 15) is 9.90 Å². The molecule has 3 nitrogen and oxygen atoms in total. The van der Waals surface area contributed by atoms with E-state index in [-0.39, 0.29) is 12.4 Å². The third-order valence-corrected chi connectivity index (χ3v) is 3.36. The lowest BCUT2D eigenvalue weighted by Gasteiger charge is -2.24. The van der Waals surface area contributed by atoms with Crippen LogP contribution in [0, 0.1) is 0 Å². The zero-order valence-electron chi connectivity index (χ0n) is 10.4. The van der Waals surface area contributed by atoms with Gasteiger partial charge in [-0.1, -0.05) is 47.8 Å². The van der Waals surface area contributed by atoms with Crippen LogP contribution in [-0.2, 0) is 11.2 Å². The topological polar surface area (TPSA) is 63.3 Å². The number of aliphatic carboxylic acids is 1. The standard InChI is InChI=1S/C13H18BrNO2.ClH/c1-2-3-8-13(15,12(16)17)9-10-4-6-11(14)7-5-10;/h4-7H,2-3,8-9,15H2,1H3,(H,16,17);1H. The highest BCUT2D eigenvalue weighted by Crippen LogP contribution is 2.20. The van der Waals surface area contributed by atoms with Crippen LogP contribution < -0.4 is 5.73 Å². The van der Waals surface area contributed by atoms with Crippen LogP contribution in [0.2, 0.25) is 0 Å². The van der Waals surface area contributed by atoms with Gasteiger partial charge in [0, 0.05) is 10.9 Å². The van der Waals surface area contributed by atoms with Crippen molar-refractivity contribution >= 4 is 34.3 Å². The molecule has 0 aliphatic carbocycles. The number of rotatable bonds is 6. The molecule has 5 heteroatoms. The van der Waals surface area contributed by atoms with Crippen LogP contribution in [0.4, 0.5) is 0 Å². The lowest BCUT2D eigenvalue weighted by Crippen LogP contribution is -2.49. The van der Waals surface area contributed by atoms with Gasteiger partial charge in [-0.3, -0.25) is 4.79 Å². The Morgan fingerprint density at radius 3 is 2.39 bits per heavy atom. The minimum atomic E-state index is -1.15. The summed E-state index contributed by atoms with van der Waals surface area (Å²) in [6, 6.07) is 7.61. The van der Waals surface area contributed by atoms with E-state index in [1.807, 2.05) is 31.2 Å². The van der Waals surface area contributed by atoms with E-state index in [1.165, 1.54) is 0 Å². The predicted octanol–water partition coefficient (Wildman–Crippen LogP) is 3.39. The lowest BCUT2D eigenvalue weighted by molar-refractivity contribution is -0.143. The van der Waals surface area contributed by atoms with Gasteiger partial charge in [-0.05, 0) is 24.1 Å². The van der Waals surface area contributed by atoms with Gasteiger partial charge < -0.3 is 10.8 Å². The second kappa shape index (κ2) is 7.77. The Bertz CT molecular complexity index is 383. The predicted molar refractivity (Wildman–Crippen MR) is 79.2 cm³/mol. The van der Waals surface area contributed by atoms with E-state index in [1.54, 1.807) is 0 Å². The lowest BCUT2D eigenvalue weighted by atomic mass is 9.87. The molecule has 0 heterocycles. The summed E-state index contributed by atoms with van der Waals surface area (Å²) in [5.74, 6) is -0.922. The van der Waals surface area contributed by atoms with Crippen LogP contribution in [-0.4, -0.2) is 16.6 Å². The molecule has 3 N–H and O–H groups in total. The minimum Gasteiger partial charge on any atom is -0.480 e. The third kappa shape index (κ3) is 4.96. The summed E-state index contributed by atoms with van der Waals surface area (Å²) < 4.78 is 0.979. The summed E-state index contributed by atoms with van der Waals surface area (Å²) in [5.41, 5.74) is 5.79. The first kappa shape index (κ1) is 17.4. The average Bonchev–Trinajstić information content (AvgIpc) is 2.29. The molecule has 0 bridgehead atoms. The first-order valence-corrected chi connectivity index (χ1v) is 6.54. The monoisotopic (exact) mass is 335 g/mol. The van der Waals surface area contributed by atoms with Gasteiger partial charge in [0.15, 0.2) is 0 Å². The number of carboxylic acids is 1. The normalized spacial score (nSPS) is 13.5. The van der Waals surface area contributed by atoms with Gasteiger partial charge in [-0.25, -0.2) is 0 Å². The molecule has 0 saturated carbocycles. The highest BCUT2D eigenvalue weighted by Gasteiger charge is 2.33. The Labute approximate surface area is 122 Å². The van der Waals surface area contributed by atoms with Crippen molar-refractivity contribution in [2.45, 2.75) is 38.1 Å². The fourth-order valence-electron chi connectivity index (χ4n) is 1.73. The number of halogens is 2. The molecule has 0 spiro atoms. The first-order chi connectivity index (χ1) is 7.98. The molecule has 0 amide bonds. The summed E-state index contributed by atoms with van der Waals surface area (Å²) in [5, 5.41) is 9.24. The summed E-state index contributed by atoms with van der Waals surface area (Å²) in [6.07, 6.45) is 2.66. The Kier molecular flexibility index (Phi) is 7.52. The van der Waals surface area contributed by atoms with Gasteiger partial charge >= 0.3 is 5.97 Å². The van der Waals surface area contributed by atoms with Gasteiger partial charge in [0.25, 0.3) is 0 Å². The number of benzene rings is 1. The smallest absolute Gasteiger partial charge is 0.324 e. The molecular weight excluding hydrogens is 318 g/mol. The van der Waals surface area contributed by atoms with Crippen molar-refractivity contribution in [1.29, 1.82) is 0 Å². The number of hydrogen-bond acceptors (Lipinski definition) is 2. The minimum absolute atomic E-state index is 0. The van der Waals surface area contributed by atoms with Crippen LogP contribution in [0.5, 0.6) is 0 Å². The highest BCUT2D eigenvalue weighted by molar-refractivity contribution is 9.10. The maximum absolute atomic E-state index is 11.3. The van der Waals surface area contributed by atoms with E-state index in [0.29, 0.717) is 12.8 Å². The van der Waals surface area contributed by atoms with E-state index in [2.05, 4.69) is 15.9 Å². The maximum atomic E-state index is 11.3. The van der Waals surface area contributed by atoms with Gasteiger partial charge in [0.2, 0.25) is 0 Å². The molecule has 0 aliphatic rings. The number of carbonyl (C=O) groups is 1. The second-order valence-corrected chi connectivity index (χ2v) is 5.28. The Hall–Kier alpha value is -0.580. The van der Waals surface area contributed by atoms with Crippen LogP contribution in [0.1, 0.15) is 31.7 Å². The third-order valence-electron chi connectivity index (χ3n) is 2.84. The van der Waals surface area contributed by atoms with Gasteiger partial charge in [0.1, 0.15) is 5.54 Å². The van der Waals surface area contributed by atoms with Crippen molar-refractivity contribution < 1.29 is 9.90 Å². The molecule has 0 aromatic heterocycles. The van der Waals surface area contributed by atoms with Crippen molar-refractivity contribution in [3.8, 4) is 0 Å². The van der Waals surface area contributed by atoms with Crippen molar-refractivity contribution in [2.75, 3.05) is 0 Å². The van der Waals surface area contributed by atoms with E-state index in [4.69, 9.17) is 5.73 Å². The SMILES string of the molecule is CCCCC(N)(Cc1ccc(Br)cc1)C(=O)O.Cl. The number of unbranched alkanes of at least 4 members (excludes halogenated alkanes) is 1. The molecule has 1 aromatic rings.